The van der Waals surface area contributed by atoms with E-state index in [1.165, 1.54) is 38.6 Å². The highest BCUT2D eigenvalue weighted by atomic mass is 15.2. The van der Waals surface area contributed by atoms with E-state index in [9.17, 15) is 0 Å². The summed E-state index contributed by atoms with van der Waals surface area (Å²) in [7, 11) is 2.08. The van der Waals surface area contributed by atoms with Crippen LogP contribution in [0.5, 0.6) is 0 Å². The molecule has 0 radical (unpaired) electrons. The Hall–Kier alpha value is -0.860. The molecular formula is C16H24N2. The molecule has 0 amide bonds. The molecule has 1 aliphatic heterocycles. The van der Waals surface area contributed by atoms with Crippen molar-refractivity contribution in [1.82, 2.24) is 10.2 Å². The normalized spacial score (nSPS) is 25.3. The van der Waals surface area contributed by atoms with Gasteiger partial charge in [-0.3, -0.25) is 4.90 Å². The summed E-state index contributed by atoms with van der Waals surface area (Å²) < 4.78 is 0. The molecule has 3 rings (SSSR count). The maximum atomic E-state index is 3.37. The number of rotatable bonds is 3. The molecule has 1 unspecified atom stereocenters. The molecule has 1 aliphatic carbocycles. The van der Waals surface area contributed by atoms with Crippen LogP contribution in [0.4, 0.5) is 0 Å². The Kier molecular flexibility index (Phi) is 3.67. The minimum absolute atomic E-state index is 0.751. The van der Waals surface area contributed by atoms with Crippen LogP contribution in [0.25, 0.3) is 0 Å². The van der Waals surface area contributed by atoms with Gasteiger partial charge in [0.1, 0.15) is 0 Å². The summed E-state index contributed by atoms with van der Waals surface area (Å²) >= 11 is 0. The topological polar surface area (TPSA) is 15.3 Å². The van der Waals surface area contributed by atoms with Gasteiger partial charge in [-0.15, -0.1) is 0 Å². The summed E-state index contributed by atoms with van der Waals surface area (Å²) in [4.78, 5) is 2.78. The molecule has 0 bridgehead atoms. The minimum Gasteiger partial charge on any atom is -0.318 e. The predicted molar refractivity (Wildman–Crippen MR) is 75.9 cm³/mol. The van der Waals surface area contributed by atoms with Crippen molar-refractivity contribution in [2.45, 2.75) is 44.2 Å². The Labute approximate surface area is 110 Å². The van der Waals surface area contributed by atoms with Gasteiger partial charge in [0.05, 0.1) is 0 Å². The van der Waals surface area contributed by atoms with Crippen molar-refractivity contribution >= 4 is 0 Å². The average Bonchev–Trinajstić information content (AvgIpc) is 2.83. The third kappa shape index (κ3) is 2.32. The number of likely N-dealkylation sites (N-methyl/N-ethyl adjacent to an activating group) is 1. The third-order valence-corrected chi connectivity index (χ3v) is 4.61. The van der Waals surface area contributed by atoms with Crippen LogP contribution in [0.2, 0.25) is 0 Å². The second-order valence-corrected chi connectivity index (χ2v) is 5.78. The number of piperidine rings is 1. The first kappa shape index (κ1) is 12.2. The van der Waals surface area contributed by atoms with E-state index < -0.39 is 0 Å². The predicted octanol–water partition coefficient (Wildman–Crippen LogP) is 2.23. The Bertz CT molecular complexity index is 375. The largest absolute Gasteiger partial charge is 0.318 e. The number of likely N-dealkylation sites (tertiary alicyclic amines) is 1. The van der Waals surface area contributed by atoms with Crippen molar-refractivity contribution in [3.8, 4) is 0 Å². The highest BCUT2D eigenvalue weighted by Gasteiger charge is 2.32. The lowest BCUT2D eigenvalue weighted by atomic mass is 9.98. The lowest BCUT2D eigenvalue weighted by molar-refractivity contribution is 0.0989. The van der Waals surface area contributed by atoms with E-state index in [0.29, 0.717) is 0 Å². The van der Waals surface area contributed by atoms with E-state index in [0.717, 1.165) is 18.6 Å². The molecule has 18 heavy (non-hydrogen) atoms. The average molecular weight is 244 g/mol. The monoisotopic (exact) mass is 244 g/mol. The lowest BCUT2D eigenvalue weighted by Crippen LogP contribution is -2.50. The Balaban J connectivity index is 1.72. The zero-order valence-corrected chi connectivity index (χ0v) is 11.4. The van der Waals surface area contributed by atoms with E-state index in [1.807, 2.05) is 0 Å². The summed E-state index contributed by atoms with van der Waals surface area (Å²) in [6.07, 6.45) is 6.68. The molecule has 1 saturated heterocycles. The van der Waals surface area contributed by atoms with Crippen molar-refractivity contribution in [3.05, 3.63) is 35.4 Å². The van der Waals surface area contributed by atoms with Gasteiger partial charge in [-0.05, 0) is 50.4 Å². The molecule has 1 aromatic carbocycles. The molecule has 2 aliphatic rings. The summed E-state index contributed by atoms with van der Waals surface area (Å²) in [6.45, 7) is 2.44. The van der Waals surface area contributed by atoms with Crippen LogP contribution in [0.15, 0.2) is 24.3 Å². The zero-order valence-electron chi connectivity index (χ0n) is 11.4. The Morgan fingerprint density at radius 3 is 2.56 bits per heavy atom. The van der Waals surface area contributed by atoms with E-state index in [4.69, 9.17) is 0 Å². The maximum Gasteiger partial charge on any atom is 0.0223 e. The van der Waals surface area contributed by atoms with Crippen LogP contribution in [0.1, 0.15) is 30.4 Å². The van der Waals surface area contributed by atoms with Gasteiger partial charge >= 0.3 is 0 Å². The molecule has 1 heterocycles. The fourth-order valence-electron chi connectivity index (χ4n) is 3.73. The number of hydrogen-bond acceptors (Lipinski definition) is 2. The van der Waals surface area contributed by atoms with Crippen LogP contribution in [-0.4, -0.2) is 37.1 Å². The smallest absolute Gasteiger partial charge is 0.0223 e. The maximum absolute atomic E-state index is 3.37. The van der Waals surface area contributed by atoms with Crippen molar-refractivity contribution < 1.29 is 0 Å². The molecule has 1 aromatic rings. The Morgan fingerprint density at radius 2 is 1.89 bits per heavy atom. The van der Waals surface area contributed by atoms with Gasteiger partial charge in [-0.2, -0.15) is 0 Å². The van der Waals surface area contributed by atoms with Gasteiger partial charge in [0.15, 0.2) is 0 Å². The van der Waals surface area contributed by atoms with Gasteiger partial charge in [-0.1, -0.05) is 30.7 Å². The molecule has 2 heteroatoms. The van der Waals surface area contributed by atoms with Crippen LogP contribution >= 0.6 is 0 Å². The van der Waals surface area contributed by atoms with Crippen LogP contribution < -0.4 is 5.32 Å². The first-order valence-corrected chi connectivity index (χ1v) is 7.35. The molecule has 1 fully saturated rings. The Morgan fingerprint density at radius 1 is 1.17 bits per heavy atom. The summed E-state index contributed by atoms with van der Waals surface area (Å²) in [5.41, 5.74) is 3.16. The van der Waals surface area contributed by atoms with Crippen molar-refractivity contribution in [2.75, 3.05) is 20.1 Å². The molecule has 0 aromatic heterocycles. The van der Waals surface area contributed by atoms with Crippen molar-refractivity contribution in [3.63, 3.8) is 0 Å². The number of nitrogens with one attached hydrogen (secondary N) is 1. The zero-order chi connectivity index (χ0) is 12.4. The van der Waals surface area contributed by atoms with Crippen molar-refractivity contribution in [2.24, 2.45) is 0 Å². The number of benzene rings is 1. The van der Waals surface area contributed by atoms with E-state index in [-0.39, 0.29) is 0 Å². The van der Waals surface area contributed by atoms with Crippen molar-refractivity contribution in [1.29, 1.82) is 0 Å². The third-order valence-electron chi connectivity index (χ3n) is 4.61. The quantitative estimate of drug-likeness (QED) is 0.877. The standard InChI is InChI=1S/C16H24N2/c1-17-12-15-8-4-5-9-18(15)16-10-13-6-2-3-7-14(13)11-16/h2-3,6-7,15-17H,4-5,8-12H2,1H3. The first-order valence-electron chi connectivity index (χ1n) is 7.35. The molecule has 1 N–H and O–H groups in total. The van der Waals surface area contributed by atoms with Gasteiger partial charge in [0.25, 0.3) is 0 Å². The van der Waals surface area contributed by atoms with E-state index in [1.54, 1.807) is 11.1 Å². The lowest BCUT2D eigenvalue weighted by Gasteiger charge is -2.40. The second-order valence-electron chi connectivity index (χ2n) is 5.78. The SMILES string of the molecule is CNCC1CCCCN1C1Cc2ccccc2C1. The molecule has 0 spiro atoms. The molecule has 2 nitrogen and oxygen atoms in total. The van der Waals surface area contributed by atoms with Crippen LogP contribution in [0.3, 0.4) is 0 Å². The van der Waals surface area contributed by atoms with Crippen LogP contribution in [0, 0.1) is 0 Å². The van der Waals surface area contributed by atoms with Gasteiger partial charge in [0, 0.05) is 18.6 Å². The fourth-order valence-corrected chi connectivity index (χ4v) is 3.73. The molecule has 0 saturated carbocycles. The van der Waals surface area contributed by atoms with Gasteiger partial charge in [0.2, 0.25) is 0 Å². The van der Waals surface area contributed by atoms with Gasteiger partial charge < -0.3 is 5.32 Å². The number of hydrogen-bond donors (Lipinski definition) is 1. The minimum atomic E-state index is 0.751. The number of nitrogens with zero attached hydrogens (tertiary/aromatic N) is 1. The molecule has 1 atom stereocenters. The fraction of sp³-hybridized carbons (Fsp3) is 0.625. The summed E-state index contributed by atoms with van der Waals surface area (Å²) in [6, 6.07) is 10.5. The van der Waals surface area contributed by atoms with E-state index >= 15 is 0 Å². The summed E-state index contributed by atoms with van der Waals surface area (Å²) in [5, 5.41) is 3.37. The summed E-state index contributed by atoms with van der Waals surface area (Å²) in [5.74, 6) is 0. The van der Waals surface area contributed by atoms with Crippen LogP contribution in [-0.2, 0) is 12.8 Å². The second kappa shape index (κ2) is 5.41. The van der Waals surface area contributed by atoms with E-state index in [2.05, 4.69) is 41.5 Å². The number of fused-ring (bicyclic) bond motifs is 1. The molecular weight excluding hydrogens is 220 g/mol. The highest BCUT2D eigenvalue weighted by molar-refractivity contribution is 5.33. The highest BCUT2D eigenvalue weighted by Crippen LogP contribution is 2.29. The van der Waals surface area contributed by atoms with Gasteiger partial charge in [-0.25, -0.2) is 0 Å². The first-order chi connectivity index (χ1) is 8.88. The molecule has 98 valence electrons.